The first kappa shape index (κ1) is 25.3. The summed E-state index contributed by atoms with van der Waals surface area (Å²) in [6.07, 6.45) is 0. The Bertz CT molecular complexity index is 2110. The fourth-order valence-corrected chi connectivity index (χ4v) is 7.01. The molecule has 2 aliphatic rings. The van der Waals surface area contributed by atoms with Gasteiger partial charge >= 0.3 is 0 Å². The van der Waals surface area contributed by atoms with E-state index in [9.17, 15) is 0 Å². The fraction of sp³-hybridized carbons (Fsp3) is 0.0541. The molecule has 0 saturated heterocycles. The minimum Gasteiger partial charge on any atom is -0.363 e. The molecule has 1 radical (unpaired) electrons. The SMILES string of the molecule is CN1c2[c-]c(-c3ccc4ccccc4n3)cc3c2B(c2cc4ccccc4cc21)c1cc2ccccc2cc1N3C.[Ir]. The van der Waals surface area contributed by atoms with E-state index in [-0.39, 0.29) is 26.8 Å². The van der Waals surface area contributed by atoms with Gasteiger partial charge in [-0.15, -0.1) is 17.7 Å². The number of nitrogens with zero attached hydrogens (tertiary/aromatic N) is 3. The molecule has 0 fully saturated rings. The Balaban J connectivity index is 0.00000267. The zero-order chi connectivity index (χ0) is 27.2. The maximum atomic E-state index is 5.06. The molecule has 7 aromatic rings. The molecule has 9 rings (SSSR count). The van der Waals surface area contributed by atoms with Crippen molar-refractivity contribution in [2.45, 2.75) is 0 Å². The van der Waals surface area contributed by atoms with E-state index < -0.39 is 0 Å². The number of anilines is 4. The van der Waals surface area contributed by atoms with Crippen LogP contribution in [0.2, 0.25) is 0 Å². The van der Waals surface area contributed by atoms with Crippen LogP contribution in [0.15, 0.2) is 115 Å². The van der Waals surface area contributed by atoms with Crippen molar-refractivity contribution in [3.8, 4) is 11.3 Å². The third-order valence-electron chi connectivity index (χ3n) is 9.06. The van der Waals surface area contributed by atoms with Crippen molar-refractivity contribution in [2.24, 2.45) is 0 Å². The van der Waals surface area contributed by atoms with Gasteiger partial charge in [0.2, 0.25) is 0 Å². The molecule has 5 heteroatoms. The van der Waals surface area contributed by atoms with Crippen molar-refractivity contribution < 1.29 is 20.1 Å². The first-order valence-corrected chi connectivity index (χ1v) is 14.1. The second-order valence-electron chi connectivity index (χ2n) is 11.3. The average molecular weight is 715 g/mol. The molecule has 2 aliphatic heterocycles. The van der Waals surface area contributed by atoms with Gasteiger partial charge in [-0.2, -0.15) is 0 Å². The van der Waals surface area contributed by atoms with E-state index >= 15 is 0 Å². The van der Waals surface area contributed by atoms with Crippen LogP contribution in [-0.4, -0.2) is 25.8 Å². The number of para-hydroxylation sites is 1. The quantitative estimate of drug-likeness (QED) is 0.140. The minimum atomic E-state index is 0. The van der Waals surface area contributed by atoms with E-state index in [1.807, 2.05) is 6.07 Å². The Hall–Kier alpha value is -4.44. The van der Waals surface area contributed by atoms with Gasteiger partial charge in [0.1, 0.15) is 0 Å². The van der Waals surface area contributed by atoms with E-state index in [2.05, 4.69) is 139 Å². The Morgan fingerprint density at radius 2 is 1.12 bits per heavy atom. The number of aromatic nitrogens is 1. The largest absolute Gasteiger partial charge is 0.363 e. The summed E-state index contributed by atoms with van der Waals surface area (Å²) in [6, 6.07) is 45.6. The molecule has 0 spiro atoms. The molecule has 0 aliphatic carbocycles. The Kier molecular flexibility index (Phi) is 5.59. The topological polar surface area (TPSA) is 19.4 Å². The van der Waals surface area contributed by atoms with Crippen LogP contribution in [0.25, 0.3) is 43.7 Å². The van der Waals surface area contributed by atoms with Gasteiger partial charge in [0.15, 0.2) is 6.71 Å². The number of hydrogen-bond donors (Lipinski definition) is 0. The molecule has 0 amide bonds. The van der Waals surface area contributed by atoms with Crippen molar-refractivity contribution in [2.75, 3.05) is 23.9 Å². The van der Waals surface area contributed by atoms with Gasteiger partial charge in [0.05, 0.1) is 5.52 Å². The summed E-state index contributed by atoms with van der Waals surface area (Å²) >= 11 is 0. The smallest absolute Gasteiger partial charge is 0.200 e. The molecular formula is C37H25BIrN3-. The second-order valence-corrected chi connectivity index (χ2v) is 11.3. The maximum absolute atomic E-state index is 5.06. The third-order valence-corrected chi connectivity index (χ3v) is 9.06. The fourth-order valence-electron chi connectivity index (χ4n) is 7.01. The summed E-state index contributed by atoms with van der Waals surface area (Å²) in [6.45, 7) is 0.112. The predicted octanol–water partition coefficient (Wildman–Crippen LogP) is 6.68. The monoisotopic (exact) mass is 715 g/mol. The van der Waals surface area contributed by atoms with E-state index in [0.29, 0.717) is 0 Å². The summed E-state index contributed by atoms with van der Waals surface area (Å²) in [5, 5.41) is 6.19. The molecule has 0 atom stereocenters. The van der Waals surface area contributed by atoms with Crippen molar-refractivity contribution in [1.29, 1.82) is 0 Å². The normalized spacial score (nSPS) is 13.1. The standard InChI is InChI=1S/C37H25BN3.Ir/c1-40-33-19-26-12-5-3-10-24(26)17-29(33)38-30-18-25-11-4-6-13-27(25)20-34(30)41(2)36-22-28(21-35(40)37(36)38)32-16-15-23-9-7-8-14-31(23)39-32;/h3-21H,1-2H3;/q-1;. The van der Waals surface area contributed by atoms with Crippen molar-refractivity contribution >= 4 is 78.3 Å². The van der Waals surface area contributed by atoms with Crippen molar-refractivity contribution in [1.82, 2.24) is 4.98 Å². The predicted molar refractivity (Wildman–Crippen MR) is 175 cm³/mol. The van der Waals surface area contributed by atoms with Gasteiger partial charge in [-0.25, -0.2) is 0 Å². The molecule has 3 heterocycles. The van der Waals surface area contributed by atoms with Gasteiger partial charge in [0.25, 0.3) is 0 Å². The van der Waals surface area contributed by atoms with Crippen LogP contribution in [0.1, 0.15) is 0 Å². The molecule has 201 valence electrons. The van der Waals surface area contributed by atoms with E-state index in [1.54, 1.807) is 0 Å². The van der Waals surface area contributed by atoms with E-state index in [1.165, 1.54) is 55.0 Å². The molecule has 3 nitrogen and oxygen atoms in total. The molecule has 0 bridgehead atoms. The van der Waals surface area contributed by atoms with Crippen LogP contribution >= 0.6 is 0 Å². The number of benzene rings is 6. The minimum absolute atomic E-state index is 0. The van der Waals surface area contributed by atoms with Crippen LogP contribution in [0.5, 0.6) is 0 Å². The van der Waals surface area contributed by atoms with Crippen LogP contribution < -0.4 is 26.2 Å². The van der Waals surface area contributed by atoms with E-state index in [0.717, 1.165) is 27.8 Å². The number of rotatable bonds is 1. The Labute approximate surface area is 258 Å². The van der Waals surface area contributed by atoms with Gasteiger partial charge in [-0.1, -0.05) is 107 Å². The molecule has 0 saturated carbocycles. The Morgan fingerprint density at radius 1 is 0.571 bits per heavy atom. The summed E-state index contributed by atoms with van der Waals surface area (Å²) in [5.74, 6) is 0. The van der Waals surface area contributed by atoms with Gasteiger partial charge < -0.3 is 9.80 Å². The first-order valence-electron chi connectivity index (χ1n) is 14.1. The molecule has 0 N–H and O–H groups in total. The van der Waals surface area contributed by atoms with Crippen LogP contribution in [-0.2, 0) is 20.1 Å². The molecule has 1 aromatic heterocycles. The van der Waals surface area contributed by atoms with Gasteiger partial charge in [-0.05, 0) is 62.2 Å². The maximum Gasteiger partial charge on any atom is 0.200 e. The van der Waals surface area contributed by atoms with Crippen molar-refractivity contribution in [3.63, 3.8) is 0 Å². The summed E-state index contributed by atoms with van der Waals surface area (Å²) < 4.78 is 0. The van der Waals surface area contributed by atoms with Crippen LogP contribution in [0.3, 0.4) is 0 Å². The summed E-state index contributed by atoms with van der Waals surface area (Å²) in [7, 11) is 4.39. The van der Waals surface area contributed by atoms with Gasteiger partial charge in [0, 0.05) is 45.6 Å². The summed E-state index contributed by atoms with van der Waals surface area (Å²) in [4.78, 5) is 9.76. The van der Waals surface area contributed by atoms with E-state index in [4.69, 9.17) is 4.98 Å². The molecular weight excluding hydrogens is 689 g/mol. The zero-order valence-corrected chi connectivity index (χ0v) is 25.6. The zero-order valence-electron chi connectivity index (χ0n) is 23.2. The molecule has 6 aromatic carbocycles. The Morgan fingerprint density at radius 3 is 1.76 bits per heavy atom. The molecule has 42 heavy (non-hydrogen) atoms. The second kappa shape index (κ2) is 9.29. The average Bonchev–Trinajstić information content (AvgIpc) is 3.02. The number of fused-ring (bicyclic) bond motifs is 7. The number of pyridine rings is 1. The number of hydrogen-bond acceptors (Lipinski definition) is 3. The molecule has 0 unspecified atom stereocenters. The van der Waals surface area contributed by atoms with Crippen LogP contribution in [0, 0.1) is 6.07 Å². The first-order chi connectivity index (χ1) is 20.1. The summed E-state index contributed by atoms with van der Waals surface area (Å²) in [5.41, 5.74) is 11.8. The van der Waals surface area contributed by atoms with Gasteiger partial charge in [-0.3, -0.25) is 4.98 Å². The van der Waals surface area contributed by atoms with Crippen molar-refractivity contribution in [3.05, 3.63) is 121 Å². The van der Waals surface area contributed by atoms with Crippen LogP contribution in [0.4, 0.5) is 22.7 Å². The third kappa shape index (κ3) is 3.54.